The Morgan fingerprint density at radius 1 is 1.31 bits per heavy atom. The third-order valence-corrected chi connectivity index (χ3v) is 5.44. The number of Topliss-reactive ketones (excluding diaryl/α,β-unsaturated/α-hetero) is 1. The van der Waals surface area contributed by atoms with Gasteiger partial charge in [0.15, 0.2) is 5.78 Å². The van der Waals surface area contributed by atoms with Crippen LogP contribution in [0.4, 0.5) is 4.39 Å². The molecule has 6 nitrogen and oxygen atoms in total. The van der Waals surface area contributed by atoms with Crippen molar-refractivity contribution < 1.29 is 9.18 Å². The Bertz CT molecular complexity index is 976. The zero-order valence-corrected chi connectivity index (χ0v) is 15.3. The summed E-state index contributed by atoms with van der Waals surface area (Å²) in [6.07, 6.45) is 2.36. The molecule has 0 unspecified atom stereocenters. The number of aromatic nitrogens is 5. The van der Waals surface area contributed by atoms with E-state index in [0.29, 0.717) is 16.9 Å². The van der Waals surface area contributed by atoms with Crippen LogP contribution in [0, 0.1) is 19.7 Å². The van der Waals surface area contributed by atoms with Crippen molar-refractivity contribution in [2.45, 2.75) is 37.9 Å². The first-order chi connectivity index (χ1) is 12.5. The number of benzene rings is 1. The quantitative estimate of drug-likeness (QED) is 0.490. The molecule has 0 radical (unpaired) electrons. The number of rotatable bonds is 6. The normalized spacial score (nSPS) is 14.0. The van der Waals surface area contributed by atoms with Crippen molar-refractivity contribution in [1.82, 2.24) is 24.8 Å². The van der Waals surface area contributed by atoms with Crippen molar-refractivity contribution in [1.29, 1.82) is 0 Å². The van der Waals surface area contributed by atoms with Gasteiger partial charge in [0.25, 0.3) is 0 Å². The number of ketones is 1. The fourth-order valence-electron chi connectivity index (χ4n) is 3.20. The van der Waals surface area contributed by atoms with Crippen molar-refractivity contribution in [3.63, 3.8) is 0 Å². The van der Waals surface area contributed by atoms with Gasteiger partial charge in [0.05, 0.1) is 11.4 Å². The van der Waals surface area contributed by atoms with Crippen molar-refractivity contribution in [2.24, 2.45) is 0 Å². The smallest absolute Gasteiger partial charge is 0.214 e. The Labute approximate surface area is 154 Å². The zero-order valence-electron chi connectivity index (χ0n) is 14.5. The number of halogens is 1. The minimum absolute atomic E-state index is 0.0452. The zero-order chi connectivity index (χ0) is 18.3. The highest BCUT2D eigenvalue weighted by molar-refractivity contribution is 7.99. The van der Waals surface area contributed by atoms with E-state index < -0.39 is 0 Å². The van der Waals surface area contributed by atoms with Crippen LogP contribution in [0.5, 0.6) is 0 Å². The van der Waals surface area contributed by atoms with E-state index in [2.05, 4.69) is 20.1 Å². The van der Waals surface area contributed by atoms with Gasteiger partial charge in [-0.25, -0.2) is 4.39 Å². The van der Waals surface area contributed by atoms with Gasteiger partial charge in [-0.3, -0.25) is 4.79 Å². The van der Waals surface area contributed by atoms with Gasteiger partial charge in [0.2, 0.25) is 5.16 Å². The minimum atomic E-state index is -0.363. The number of carbonyl (C=O) groups is 1. The van der Waals surface area contributed by atoms with Crippen LogP contribution in [-0.2, 0) is 0 Å². The monoisotopic (exact) mass is 371 g/mol. The maximum atomic E-state index is 13.4. The molecule has 0 N–H and O–H groups in total. The van der Waals surface area contributed by atoms with Gasteiger partial charge in [0, 0.05) is 23.0 Å². The molecule has 1 aliphatic carbocycles. The van der Waals surface area contributed by atoms with E-state index >= 15 is 0 Å². The molecule has 3 aromatic rings. The number of hydrogen-bond donors (Lipinski definition) is 0. The molecular weight excluding hydrogens is 353 g/mol. The highest BCUT2D eigenvalue weighted by Crippen LogP contribution is 2.38. The lowest BCUT2D eigenvalue weighted by Gasteiger charge is -2.07. The first kappa shape index (κ1) is 17.0. The summed E-state index contributed by atoms with van der Waals surface area (Å²) in [6, 6.07) is 8.54. The van der Waals surface area contributed by atoms with Crippen LogP contribution in [0.15, 0.2) is 35.5 Å². The average molecular weight is 371 g/mol. The number of hydrogen-bond acceptors (Lipinski definition) is 5. The molecule has 134 valence electrons. The predicted molar refractivity (Wildman–Crippen MR) is 96.3 cm³/mol. The second-order valence-electron chi connectivity index (χ2n) is 6.45. The van der Waals surface area contributed by atoms with Crippen LogP contribution in [0.3, 0.4) is 0 Å². The molecule has 0 amide bonds. The minimum Gasteiger partial charge on any atom is -0.345 e. The Morgan fingerprint density at radius 2 is 2.12 bits per heavy atom. The van der Waals surface area contributed by atoms with Crippen LogP contribution < -0.4 is 0 Å². The standard InChI is InChI=1S/C18H18FN5OS/c1-11-8-16(12(2)23(11)14-6-7-14)17(25)10-26-18-20-21-22-24(18)15-5-3-4-13(19)9-15/h3-5,8-9,14H,6-7,10H2,1-2H3. The molecule has 26 heavy (non-hydrogen) atoms. The first-order valence-electron chi connectivity index (χ1n) is 8.43. The maximum absolute atomic E-state index is 13.4. The molecule has 1 aliphatic rings. The second kappa shape index (κ2) is 6.68. The Kier molecular flexibility index (Phi) is 4.36. The maximum Gasteiger partial charge on any atom is 0.214 e. The molecule has 1 aromatic carbocycles. The molecule has 4 rings (SSSR count). The summed E-state index contributed by atoms with van der Waals surface area (Å²) in [5.74, 6) is -0.0914. The predicted octanol–water partition coefficient (Wildman–Crippen LogP) is 3.53. The summed E-state index contributed by atoms with van der Waals surface area (Å²) in [4.78, 5) is 12.7. The van der Waals surface area contributed by atoms with Gasteiger partial charge in [-0.2, -0.15) is 4.68 Å². The number of carbonyl (C=O) groups excluding carboxylic acids is 1. The third-order valence-electron chi connectivity index (χ3n) is 4.52. The topological polar surface area (TPSA) is 65.6 Å². The molecule has 0 aliphatic heterocycles. The lowest BCUT2D eigenvalue weighted by atomic mass is 10.2. The van der Waals surface area contributed by atoms with E-state index in [1.165, 1.54) is 41.4 Å². The van der Waals surface area contributed by atoms with Crippen molar-refractivity contribution in [3.8, 4) is 5.69 Å². The lowest BCUT2D eigenvalue weighted by molar-refractivity contribution is 0.102. The molecule has 2 aromatic heterocycles. The molecule has 8 heteroatoms. The van der Waals surface area contributed by atoms with Gasteiger partial charge < -0.3 is 4.57 Å². The SMILES string of the molecule is Cc1cc(C(=O)CSc2nnnn2-c2cccc(F)c2)c(C)n1C1CC1. The second-order valence-corrected chi connectivity index (χ2v) is 7.39. The molecule has 0 spiro atoms. The van der Waals surface area contributed by atoms with E-state index in [9.17, 15) is 9.18 Å². The average Bonchev–Trinajstić information content (AvgIpc) is 3.25. The van der Waals surface area contributed by atoms with E-state index in [4.69, 9.17) is 0 Å². The summed E-state index contributed by atoms with van der Waals surface area (Å²) in [6.45, 7) is 4.04. The summed E-state index contributed by atoms with van der Waals surface area (Å²) in [5.41, 5.74) is 3.44. The Balaban J connectivity index is 1.51. The molecular formula is C18H18FN5OS. The van der Waals surface area contributed by atoms with Gasteiger partial charge in [-0.05, 0) is 61.4 Å². The van der Waals surface area contributed by atoms with Crippen LogP contribution in [0.1, 0.15) is 40.6 Å². The van der Waals surface area contributed by atoms with E-state index in [1.54, 1.807) is 12.1 Å². The van der Waals surface area contributed by atoms with E-state index in [-0.39, 0.29) is 17.4 Å². The molecule has 0 bridgehead atoms. The van der Waals surface area contributed by atoms with Gasteiger partial charge in [-0.1, -0.05) is 17.8 Å². The van der Waals surface area contributed by atoms with Gasteiger partial charge in [-0.15, -0.1) is 5.10 Å². The largest absolute Gasteiger partial charge is 0.345 e. The van der Waals surface area contributed by atoms with Crippen LogP contribution in [0.25, 0.3) is 5.69 Å². The van der Waals surface area contributed by atoms with Gasteiger partial charge >= 0.3 is 0 Å². The fourth-order valence-corrected chi connectivity index (χ4v) is 3.97. The molecule has 0 atom stereocenters. The van der Waals surface area contributed by atoms with E-state index in [1.807, 2.05) is 19.9 Å². The highest BCUT2D eigenvalue weighted by atomic mass is 32.2. The number of tetrazole rings is 1. The number of aryl methyl sites for hydroxylation is 1. The Hall–Kier alpha value is -2.48. The highest BCUT2D eigenvalue weighted by Gasteiger charge is 2.28. The lowest BCUT2D eigenvalue weighted by Crippen LogP contribution is -2.07. The van der Waals surface area contributed by atoms with Crippen molar-refractivity contribution in [2.75, 3.05) is 5.75 Å². The van der Waals surface area contributed by atoms with Crippen LogP contribution in [0.2, 0.25) is 0 Å². The van der Waals surface area contributed by atoms with Crippen molar-refractivity contribution >= 4 is 17.5 Å². The summed E-state index contributed by atoms with van der Waals surface area (Å²) >= 11 is 1.25. The fraction of sp³-hybridized carbons (Fsp3) is 0.333. The first-order valence-corrected chi connectivity index (χ1v) is 9.42. The summed E-state index contributed by atoms with van der Waals surface area (Å²) in [7, 11) is 0. The van der Waals surface area contributed by atoms with E-state index in [0.717, 1.165) is 17.0 Å². The summed E-state index contributed by atoms with van der Waals surface area (Å²) < 4.78 is 17.1. The third kappa shape index (κ3) is 3.16. The summed E-state index contributed by atoms with van der Waals surface area (Å²) in [5, 5.41) is 12.0. The number of nitrogens with zero attached hydrogens (tertiary/aromatic N) is 5. The van der Waals surface area contributed by atoms with Gasteiger partial charge in [0.1, 0.15) is 5.82 Å². The van der Waals surface area contributed by atoms with Crippen molar-refractivity contribution in [3.05, 3.63) is 53.1 Å². The molecule has 2 heterocycles. The molecule has 0 saturated heterocycles. The van der Waals surface area contributed by atoms with Crippen LogP contribution in [-0.4, -0.2) is 36.3 Å². The Morgan fingerprint density at radius 3 is 2.85 bits per heavy atom. The molecule has 1 saturated carbocycles. The van der Waals surface area contributed by atoms with Crippen LogP contribution >= 0.6 is 11.8 Å². The molecule has 1 fully saturated rings. The number of thioether (sulfide) groups is 1.